The highest BCUT2D eigenvalue weighted by atomic mass is 32.2. The van der Waals surface area contributed by atoms with E-state index in [2.05, 4.69) is 14.9 Å². The average Bonchev–Trinajstić information content (AvgIpc) is 2.95. The minimum atomic E-state index is -3.53. The van der Waals surface area contributed by atoms with Crippen molar-refractivity contribution in [2.45, 2.75) is 31.7 Å². The molecule has 20 heavy (non-hydrogen) atoms. The van der Waals surface area contributed by atoms with Crippen molar-refractivity contribution in [1.29, 1.82) is 0 Å². The van der Waals surface area contributed by atoms with Gasteiger partial charge in [0.05, 0.1) is 4.90 Å². The summed E-state index contributed by atoms with van der Waals surface area (Å²) in [5.41, 5.74) is 5.52. The van der Waals surface area contributed by atoms with E-state index in [-0.39, 0.29) is 11.4 Å². The molecule has 0 bridgehead atoms. The molecule has 0 saturated carbocycles. The Labute approximate surface area is 121 Å². The first-order valence-electron chi connectivity index (χ1n) is 6.00. The van der Waals surface area contributed by atoms with Crippen molar-refractivity contribution in [1.82, 2.24) is 14.9 Å². The minimum absolute atomic E-state index is 0.206. The van der Waals surface area contributed by atoms with Crippen LogP contribution in [0, 0.1) is 13.8 Å². The Kier molecular flexibility index (Phi) is 4.53. The number of hydrogen-bond acceptors (Lipinski definition) is 7. The molecule has 2 rings (SSSR count). The third-order valence-electron chi connectivity index (χ3n) is 2.61. The van der Waals surface area contributed by atoms with Crippen LogP contribution in [0.5, 0.6) is 0 Å². The van der Waals surface area contributed by atoms with Crippen LogP contribution in [0.3, 0.4) is 0 Å². The van der Waals surface area contributed by atoms with E-state index in [1.54, 1.807) is 19.9 Å². The van der Waals surface area contributed by atoms with Gasteiger partial charge in [-0.25, -0.2) is 13.1 Å². The zero-order chi connectivity index (χ0) is 14.8. The van der Waals surface area contributed by atoms with Crippen LogP contribution in [0.1, 0.15) is 21.5 Å². The number of hydrogen-bond donors (Lipinski definition) is 2. The Morgan fingerprint density at radius 1 is 1.45 bits per heavy atom. The second-order valence-electron chi connectivity index (χ2n) is 4.22. The number of rotatable bonds is 6. The Hall–Kier alpha value is -1.29. The lowest BCUT2D eigenvalue weighted by Gasteiger charge is -2.04. The summed E-state index contributed by atoms with van der Waals surface area (Å²) in [4.78, 5) is 5.86. The number of aromatic nitrogens is 2. The lowest BCUT2D eigenvalue weighted by atomic mass is 10.4. The highest BCUT2D eigenvalue weighted by Gasteiger charge is 2.19. The number of nitrogens with one attached hydrogen (secondary N) is 1. The number of nitrogens with two attached hydrogens (primary N) is 1. The van der Waals surface area contributed by atoms with Crippen molar-refractivity contribution in [2.24, 2.45) is 5.73 Å². The monoisotopic (exact) mass is 316 g/mol. The van der Waals surface area contributed by atoms with Gasteiger partial charge in [0.2, 0.25) is 15.9 Å². The van der Waals surface area contributed by atoms with Gasteiger partial charge in [-0.3, -0.25) is 0 Å². The molecule has 110 valence electrons. The first kappa shape index (κ1) is 15.1. The van der Waals surface area contributed by atoms with Crippen LogP contribution >= 0.6 is 11.3 Å². The van der Waals surface area contributed by atoms with E-state index in [9.17, 15) is 8.42 Å². The van der Waals surface area contributed by atoms with E-state index in [1.165, 1.54) is 11.3 Å². The van der Waals surface area contributed by atoms with Gasteiger partial charge < -0.3 is 10.3 Å². The standard InChI is InChI=1S/C11H16N4O3S2/c1-7-10(5-9(6-12)19-7)20(16,17)13-4-3-11-14-8(2)15-18-11/h5,13H,3-4,6,12H2,1-2H3. The normalized spacial score (nSPS) is 11.9. The van der Waals surface area contributed by atoms with E-state index < -0.39 is 10.0 Å². The Morgan fingerprint density at radius 2 is 2.20 bits per heavy atom. The fourth-order valence-electron chi connectivity index (χ4n) is 1.70. The number of aryl methyl sites for hydroxylation is 2. The van der Waals surface area contributed by atoms with E-state index in [1.807, 2.05) is 0 Å². The summed E-state index contributed by atoms with van der Waals surface area (Å²) in [5.74, 6) is 0.944. The van der Waals surface area contributed by atoms with Gasteiger partial charge in [0, 0.05) is 29.3 Å². The number of sulfonamides is 1. The summed E-state index contributed by atoms with van der Waals surface area (Å²) >= 11 is 1.39. The van der Waals surface area contributed by atoms with Crippen molar-refractivity contribution in [3.63, 3.8) is 0 Å². The van der Waals surface area contributed by atoms with Crippen molar-refractivity contribution in [2.75, 3.05) is 6.54 Å². The van der Waals surface area contributed by atoms with Gasteiger partial charge >= 0.3 is 0 Å². The zero-order valence-electron chi connectivity index (χ0n) is 11.2. The predicted octanol–water partition coefficient (Wildman–Crippen LogP) is 0.728. The molecule has 0 aromatic carbocycles. The Balaban J connectivity index is 2.01. The molecule has 0 aliphatic heterocycles. The Morgan fingerprint density at radius 3 is 2.75 bits per heavy atom. The highest BCUT2D eigenvalue weighted by molar-refractivity contribution is 7.89. The molecule has 2 aromatic heterocycles. The van der Waals surface area contributed by atoms with E-state index in [0.717, 1.165) is 9.75 Å². The van der Waals surface area contributed by atoms with Gasteiger partial charge in [0.15, 0.2) is 5.82 Å². The summed E-state index contributed by atoms with van der Waals surface area (Å²) in [6, 6.07) is 1.61. The molecule has 0 atom stereocenters. The van der Waals surface area contributed by atoms with Crippen molar-refractivity contribution in [3.8, 4) is 0 Å². The van der Waals surface area contributed by atoms with Crippen molar-refractivity contribution in [3.05, 3.63) is 27.5 Å². The highest BCUT2D eigenvalue weighted by Crippen LogP contribution is 2.25. The summed E-state index contributed by atoms with van der Waals surface area (Å²) < 4.78 is 31.8. The summed E-state index contributed by atoms with van der Waals surface area (Å²) in [6.45, 7) is 4.01. The number of nitrogens with zero attached hydrogens (tertiary/aromatic N) is 2. The SMILES string of the molecule is Cc1noc(CCNS(=O)(=O)c2cc(CN)sc2C)n1. The zero-order valence-corrected chi connectivity index (χ0v) is 12.8. The second kappa shape index (κ2) is 6.00. The molecular formula is C11H16N4O3S2. The first-order valence-corrected chi connectivity index (χ1v) is 8.30. The van der Waals surface area contributed by atoms with Gasteiger partial charge in [0.1, 0.15) is 0 Å². The van der Waals surface area contributed by atoms with Gasteiger partial charge in [-0.1, -0.05) is 5.16 Å². The summed E-state index contributed by atoms with van der Waals surface area (Å²) in [6.07, 6.45) is 0.354. The van der Waals surface area contributed by atoms with Gasteiger partial charge in [-0.05, 0) is 19.9 Å². The minimum Gasteiger partial charge on any atom is -0.339 e. The van der Waals surface area contributed by atoms with Gasteiger partial charge in [0.25, 0.3) is 0 Å². The van der Waals surface area contributed by atoms with Crippen LogP contribution in [0.4, 0.5) is 0 Å². The summed E-state index contributed by atoms with van der Waals surface area (Å²) in [5, 5.41) is 3.64. The number of thiophene rings is 1. The third kappa shape index (κ3) is 3.42. The molecule has 9 heteroatoms. The smallest absolute Gasteiger partial charge is 0.241 e. The molecule has 0 amide bonds. The average molecular weight is 316 g/mol. The topological polar surface area (TPSA) is 111 Å². The second-order valence-corrected chi connectivity index (χ2v) is 7.30. The maximum Gasteiger partial charge on any atom is 0.241 e. The molecule has 7 nitrogen and oxygen atoms in total. The maximum atomic E-state index is 12.2. The van der Waals surface area contributed by atoms with E-state index in [0.29, 0.717) is 24.7 Å². The molecule has 3 N–H and O–H groups in total. The van der Waals surface area contributed by atoms with Crippen LogP contribution in [0.25, 0.3) is 0 Å². The van der Waals surface area contributed by atoms with Crippen LogP contribution in [0.2, 0.25) is 0 Å². The summed E-state index contributed by atoms with van der Waals surface area (Å²) in [7, 11) is -3.53. The van der Waals surface area contributed by atoms with E-state index >= 15 is 0 Å². The third-order valence-corrected chi connectivity index (χ3v) is 5.40. The quantitative estimate of drug-likeness (QED) is 0.812. The molecule has 2 heterocycles. The fourth-order valence-corrected chi connectivity index (χ4v) is 4.25. The van der Waals surface area contributed by atoms with Crippen LogP contribution < -0.4 is 10.5 Å². The largest absolute Gasteiger partial charge is 0.339 e. The van der Waals surface area contributed by atoms with Crippen LogP contribution in [0.15, 0.2) is 15.5 Å². The molecule has 0 aliphatic carbocycles. The van der Waals surface area contributed by atoms with E-state index in [4.69, 9.17) is 10.3 Å². The van der Waals surface area contributed by atoms with Gasteiger partial charge in [-0.2, -0.15) is 4.98 Å². The first-order chi connectivity index (χ1) is 9.42. The lowest BCUT2D eigenvalue weighted by molar-refractivity contribution is 0.375. The molecule has 0 aliphatic rings. The lowest BCUT2D eigenvalue weighted by Crippen LogP contribution is -2.26. The molecular weight excluding hydrogens is 300 g/mol. The Bertz CT molecular complexity index is 690. The maximum absolute atomic E-state index is 12.2. The molecule has 0 unspecified atom stereocenters. The molecule has 0 saturated heterocycles. The van der Waals surface area contributed by atoms with Gasteiger partial charge in [-0.15, -0.1) is 11.3 Å². The van der Waals surface area contributed by atoms with Crippen LogP contribution in [-0.4, -0.2) is 25.1 Å². The van der Waals surface area contributed by atoms with Crippen LogP contribution in [-0.2, 0) is 23.0 Å². The van der Waals surface area contributed by atoms with Crippen molar-refractivity contribution >= 4 is 21.4 Å². The predicted molar refractivity (Wildman–Crippen MR) is 74.9 cm³/mol. The molecule has 0 fully saturated rings. The fraction of sp³-hybridized carbons (Fsp3) is 0.455. The molecule has 2 aromatic rings. The van der Waals surface area contributed by atoms with Crippen molar-refractivity contribution < 1.29 is 12.9 Å². The molecule has 0 radical (unpaired) electrons. The molecule has 0 spiro atoms.